The highest BCUT2D eigenvalue weighted by molar-refractivity contribution is 6.09. The SMILES string of the molecule is C=CC(=O)OC.COC([SiH3])OC. The topological polar surface area (TPSA) is 44.8 Å². The Hall–Kier alpha value is -0.653. The van der Waals surface area contributed by atoms with Crippen LogP contribution in [0.4, 0.5) is 0 Å². The van der Waals surface area contributed by atoms with E-state index in [9.17, 15) is 4.79 Å². The number of carbonyl (C=O) groups excluding carboxylic acids is 1. The molecule has 0 aromatic carbocycles. The highest BCUT2D eigenvalue weighted by Gasteiger charge is 1.87. The highest BCUT2D eigenvalue weighted by atomic mass is 28.1. The molecule has 0 saturated heterocycles. The molecule has 0 bridgehead atoms. The van der Waals surface area contributed by atoms with Crippen molar-refractivity contribution < 1.29 is 19.0 Å². The molecule has 0 N–H and O–H groups in total. The molecule has 0 aliphatic rings. The van der Waals surface area contributed by atoms with E-state index in [1.165, 1.54) is 7.11 Å². The summed E-state index contributed by atoms with van der Waals surface area (Å²) in [4.78, 5) is 9.84. The lowest BCUT2D eigenvalue weighted by Crippen LogP contribution is -2.11. The average molecular weight is 192 g/mol. The molecule has 0 heterocycles. The standard InChI is InChI=1S/C4H6O2.C3H10O2Si/c1-3-4(5)6-2;1-4-3(6)5-2/h3H,1H2,2H3;3H,1-2,6H3. The van der Waals surface area contributed by atoms with E-state index in [1.54, 1.807) is 14.2 Å². The number of carbonyl (C=O) groups is 1. The minimum absolute atomic E-state index is 0.0741. The van der Waals surface area contributed by atoms with Crippen LogP contribution in [-0.2, 0) is 19.0 Å². The van der Waals surface area contributed by atoms with E-state index < -0.39 is 5.97 Å². The average Bonchev–Trinajstić information content (AvgIpc) is 2.16. The van der Waals surface area contributed by atoms with E-state index in [1.807, 2.05) is 0 Å². The molecule has 72 valence electrons. The first kappa shape index (κ1) is 13.9. The molecule has 0 aromatic rings. The summed E-state index contributed by atoms with van der Waals surface area (Å²) in [6, 6.07) is 0. The predicted octanol–water partition coefficient (Wildman–Crippen LogP) is -0.726. The second kappa shape index (κ2) is 10.3. The van der Waals surface area contributed by atoms with Crippen molar-refractivity contribution in [2.45, 2.75) is 5.91 Å². The van der Waals surface area contributed by atoms with Crippen molar-refractivity contribution in [1.82, 2.24) is 0 Å². The first-order chi connectivity index (χ1) is 5.62. The lowest BCUT2D eigenvalue weighted by molar-refractivity contribution is -0.134. The largest absolute Gasteiger partial charge is 0.466 e. The van der Waals surface area contributed by atoms with Crippen LogP contribution in [-0.4, -0.2) is 43.5 Å². The Balaban J connectivity index is 0. The van der Waals surface area contributed by atoms with E-state index in [4.69, 9.17) is 9.47 Å². The maximum Gasteiger partial charge on any atom is 0.329 e. The van der Waals surface area contributed by atoms with Gasteiger partial charge in [-0.3, -0.25) is 0 Å². The molecule has 0 radical (unpaired) electrons. The Morgan fingerprint density at radius 1 is 1.42 bits per heavy atom. The second-order valence-electron chi connectivity index (χ2n) is 1.77. The van der Waals surface area contributed by atoms with Crippen molar-refractivity contribution in [1.29, 1.82) is 0 Å². The van der Waals surface area contributed by atoms with Gasteiger partial charge in [-0.15, -0.1) is 0 Å². The lowest BCUT2D eigenvalue weighted by atomic mass is 10.7. The molecule has 0 fully saturated rings. The third kappa shape index (κ3) is 12.1. The monoisotopic (exact) mass is 192 g/mol. The Labute approximate surface area is 75.9 Å². The summed E-state index contributed by atoms with van der Waals surface area (Å²) >= 11 is 0. The van der Waals surface area contributed by atoms with Gasteiger partial charge in [-0.25, -0.2) is 4.79 Å². The molecule has 0 saturated carbocycles. The third-order valence-corrected chi connectivity index (χ3v) is 1.97. The summed E-state index contributed by atoms with van der Waals surface area (Å²) in [5, 5.41) is 0. The Morgan fingerprint density at radius 3 is 1.83 bits per heavy atom. The van der Waals surface area contributed by atoms with Crippen molar-refractivity contribution in [3.05, 3.63) is 12.7 Å². The van der Waals surface area contributed by atoms with Gasteiger partial charge in [0.1, 0.15) is 5.91 Å². The fourth-order valence-corrected chi connectivity index (χ4v) is 0.180. The van der Waals surface area contributed by atoms with Crippen LogP contribution in [0.2, 0.25) is 0 Å². The molecule has 12 heavy (non-hydrogen) atoms. The van der Waals surface area contributed by atoms with Crippen LogP contribution >= 0.6 is 0 Å². The van der Waals surface area contributed by atoms with E-state index in [0.29, 0.717) is 0 Å². The van der Waals surface area contributed by atoms with Gasteiger partial charge >= 0.3 is 5.97 Å². The minimum atomic E-state index is -0.394. The van der Waals surface area contributed by atoms with Gasteiger partial charge in [0.05, 0.1) is 17.4 Å². The lowest BCUT2D eigenvalue weighted by Gasteiger charge is -2.03. The van der Waals surface area contributed by atoms with Gasteiger partial charge in [0.2, 0.25) is 0 Å². The van der Waals surface area contributed by atoms with E-state index >= 15 is 0 Å². The molecule has 5 heteroatoms. The summed E-state index contributed by atoms with van der Waals surface area (Å²) in [6.45, 7) is 3.16. The molecule has 0 atom stereocenters. The second-order valence-corrected chi connectivity index (χ2v) is 2.71. The third-order valence-electron chi connectivity index (χ3n) is 1.03. The van der Waals surface area contributed by atoms with Gasteiger partial charge in [-0.1, -0.05) is 6.58 Å². The molecule has 0 rings (SSSR count). The van der Waals surface area contributed by atoms with Crippen LogP contribution in [0.5, 0.6) is 0 Å². The van der Waals surface area contributed by atoms with Crippen molar-refractivity contribution in [2.75, 3.05) is 21.3 Å². The van der Waals surface area contributed by atoms with Crippen molar-refractivity contribution in [2.24, 2.45) is 0 Å². The summed E-state index contributed by atoms with van der Waals surface area (Å²) < 4.78 is 13.6. The summed E-state index contributed by atoms with van der Waals surface area (Å²) in [5.74, 6) is -0.319. The van der Waals surface area contributed by atoms with E-state index in [-0.39, 0.29) is 5.91 Å². The van der Waals surface area contributed by atoms with Crippen LogP contribution in [0.15, 0.2) is 12.7 Å². The van der Waals surface area contributed by atoms with Crippen LogP contribution in [0.25, 0.3) is 0 Å². The smallest absolute Gasteiger partial charge is 0.329 e. The quantitative estimate of drug-likeness (QED) is 0.256. The molecular weight excluding hydrogens is 176 g/mol. The first-order valence-corrected chi connectivity index (χ1v) is 4.53. The zero-order chi connectivity index (χ0) is 9.98. The number of ether oxygens (including phenoxy) is 3. The molecule has 0 spiro atoms. The predicted molar refractivity (Wildman–Crippen MR) is 50.0 cm³/mol. The molecular formula is C7H16O4Si. The Morgan fingerprint density at radius 2 is 1.83 bits per heavy atom. The molecule has 0 aliphatic heterocycles. The first-order valence-electron chi connectivity index (χ1n) is 3.38. The van der Waals surface area contributed by atoms with Gasteiger partial charge in [-0.2, -0.15) is 0 Å². The number of esters is 1. The van der Waals surface area contributed by atoms with E-state index in [0.717, 1.165) is 16.3 Å². The zero-order valence-corrected chi connectivity index (χ0v) is 9.99. The molecule has 0 amide bonds. The van der Waals surface area contributed by atoms with Gasteiger partial charge in [-0.05, 0) is 0 Å². The van der Waals surface area contributed by atoms with Gasteiger partial charge in [0.15, 0.2) is 0 Å². The number of rotatable bonds is 3. The Bertz CT molecular complexity index is 123. The highest BCUT2D eigenvalue weighted by Crippen LogP contribution is 1.77. The number of hydrogen-bond acceptors (Lipinski definition) is 4. The summed E-state index contributed by atoms with van der Waals surface area (Å²) in [6.07, 6.45) is 1.11. The van der Waals surface area contributed by atoms with Crippen molar-refractivity contribution in [3.63, 3.8) is 0 Å². The summed E-state index contributed by atoms with van der Waals surface area (Å²) in [5.41, 5.74) is 0. The van der Waals surface area contributed by atoms with Crippen molar-refractivity contribution in [3.8, 4) is 0 Å². The zero-order valence-electron chi connectivity index (χ0n) is 7.99. The maximum absolute atomic E-state index is 9.84. The summed E-state index contributed by atoms with van der Waals surface area (Å²) in [7, 11) is 5.54. The van der Waals surface area contributed by atoms with Crippen molar-refractivity contribution >= 4 is 16.2 Å². The minimum Gasteiger partial charge on any atom is -0.466 e. The number of methoxy groups -OCH3 is 3. The molecule has 0 unspecified atom stereocenters. The Kier molecular flexibility index (Phi) is 12.0. The van der Waals surface area contributed by atoms with Gasteiger partial charge in [0, 0.05) is 20.3 Å². The maximum atomic E-state index is 9.84. The fraction of sp³-hybridized carbons (Fsp3) is 0.571. The number of hydrogen-bond donors (Lipinski definition) is 0. The van der Waals surface area contributed by atoms with Crippen LogP contribution in [0.3, 0.4) is 0 Å². The molecule has 4 nitrogen and oxygen atoms in total. The fourth-order valence-electron chi connectivity index (χ4n) is 0.180. The molecule has 0 aromatic heterocycles. The van der Waals surface area contributed by atoms with E-state index in [2.05, 4.69) is 11.3 Å². The van der Waals surface area contributed by atoms with Gasteiger partial charge < -0.3 is 14.2 Å². The van der Waals surface area contributed by atoms with Crippen LogP contribution < -0.4 is 0 Å². The van der Waals surface area contributed by atoms with Gasteiger partial charge in [0.25, 0.3) is 0 Å². The van der Waals surface area contributed by atoms with Crippen LogP contribution in [0, 0.1) is 0 Å². The normalized spacial score (nSPS) is 8.67. The van der Waals surface area contributed by atoms with Crippen LogP contribution in [0.1, 0.15) is 0 Å². The molecule has 0 aliphatic carbocycles.